The molecule has 0 spiro atoms. The number of hydrazine groups is 1. The van der Waals surface area contributed by atoms with Gasteiger partial charge in [0.15, 0.2) is 0 Å². The van der Waals surface area contributed by atoms with Crippen molar-refractivity contribution in [2.45, 2.75) is 24.2 Å². The van der Waals surface area contributed by atoms with Gasteiger partial charge in [-0.15, -0.1) is 0 Å². The van der Waals surface area contributed by atoms with Gasteiger partial charge < -0.3 is 4.57 Å². The number of carbonyl (C=O) groups excluding carboxylic acids is 2. The van der Waals surface area contributed by atoms with Gasteiger partial charge >= 0.3 is 0 Å². The maximum Gasteiger partial charge on any atom is 0.242 e. The minimum Gasteiger partial charge on any atom is -0.331 e. The van der Waals surface area contributed by atoms with E-state index in [9.17, 15) is 18.0 Å². The van der Waals surface area contributed by atoms with Gasteiger partial charge in [0.05, 0.1) is 22.3 Å². The number of sulfonamides is 1. The van der Waals surface area contributed by atoms with Crippen LogP contribution in [0.2, 0.25) is 0 Å². The Kier molecular flexibility index (Phi) is 6.71. The second-order valence-corrected chi connectivity index (χ2v) is 9.44. The van der Waals surface area contributed by atoms with Gasteiger partial charge in [-0.2, -0.15) is 0 Å². The second kappa shape index (κ2) is 9.27. The van der Waals surface area contributed by atoms with Crippen LogP contribution in [0.4, 0.5) is 0 Å². The summed E-state index contributed by atoms with van der Waals surface area (Å²) in [6, 6.07) is 14.0. The summed E-state index contributed by atoms with van der Waals surface area (Å²) in [7, 11) is 1.20. The molecule has 10 heteroatoms. The fourth-order valence-corrected chi connectivity index (χ4v) is 4.00. The highest BCUT2D eigenvalue weighted by Gasteiger charge is 2.19. The normalized spacial score (nSPS) is 11.6. The standard InChI is InChI=1S/C21H25N5O4S/c1-25(2)31(29,30)16-9-10-18-17(14-16)22-19(26(18)3)11-12-20(27)23-24-21(28)13-15-7-5-4-6-8-15/h4-10,14H,11-13H2,1-3H3,(H,23,27)(H,24,28). The summed E-state index contributed by atoms with van der Waals surface area (Å²) in [6.45, 7) is 0. The number of imidazole rings is 1. The van der Waals surface area contributed by atoms with Gasteiger partial charge in [-0.25, -0.2) is 17.7 Å². The lowest BCUT2D eigenvalue weighted by Gasteiger charge is -2.10. The van der Waals surface area contributed by atoms with Crippen LogP contribution in [-0.2, 0) is 39.5 Å². The number of nitrogens with zero attached hydrogens (tertiary/aromatic N) is 3. The summed E-state index contributed by atoms with van der Waals surface area (Å²) >= 11 is 0. The zero-order chi connectivity index (χ0) is 22.6. The maximum atomic E-state index is 12.3. The molecule has 0 aliphatic rings. The predicted octanol–water partition coefficient (Wildman–Crippen LogP) is 1.15. The van der Waals surface area contributed by atoms with Crippen LogP contribution < -0.4 is 10.9 Å². The fourth-order valence-electron chi connectivity index (χ4n) is 3.08. The van der Waals surface area contributed by atoms with Crippen LogP contribution >= 0.6 is 0 Å². The molecule has 0 aliphatic heterocycles. The molecule has 9 nitrogen and oxygen atoms in total. The maximum absolute atomic E-state index is 12.3. The van der Waals surface area contributed by atoms with Crippen LogP contribution in [0.3, 0.4) is 0 Å². The molecular formula is C21H25N5O4S. The SMILES string of the molecule is CN(C)S(=O)(=O)c1ccc2c(c1)nc(CCC(=O)NNC(=O)Cc1ccccc1)n2C. The van der Waals surface area contributed by atoms with Crippen LogP contribution in [0.15, 0.2) is 53.4 Å². The zero-order valence-electron chi connectivity index (χ0n) is 17.6. The molecule has 0 radical (unpaired) electrons. The molecule has 1 heterocycles. The summed E-state index contributed by atoms with van der Waals surface area (Å²) in [5.74, 6) is -0.0126. The molecular weight excluding hydrogens is 418 g/mol. The molecule has 0 saturated heterocycles. The van der Waals surface area contributed by atoms with E-state index in [4.69, 9.17) is 0 Å². The molecule has 0 atom stereocenters. The van der Waals surface area contributed by atoms with E-state index in [2.05, 4.69) is 15.8 Å². The molecule has 3 rings (SSSR count). The fraction of sp³-hybridized carbons (Fsp3) is 0.286. The van der Waals surface area contributed by atoms with E-state index in [1.54, 1.807) is 6.07 Å². The van der Waals surface area contributed by atoms with Crippen molar-refractivity contribution in [3.8, 4) is 0 Å². The topological polar surface area (TPSA) is 113 Å². The molecule has 0 aliphatic carbocycles. The second-order valence-electron chi connectivity index (χ2n) is 7.28. The van der Waals surface area contributed by atoms with Crippen molar-refractivity contribution >= 4 is 32.9 Å². The Labute approximate surface area is 181 Å². The summed E-state index contributed by atoms with van der Waals surface area (Å²) in [4.78, 5) is 28.7. The van der Waals surface area contributed by atoms with Gasteiger partial charge in [0.1, 0.15) is 5.82 Å². The van der Waals surface area contributed by atoms with Gasteiger partial charge in [-0.3, -0.25) is 20.4 Å². The molecule has 0 unspecified atom stereocenters. The molecule has 3 aromatic rings. The summed E-state index contributed by atoms with van der Waals surface area (Å²) in [5.41, 5.74) is 6.97. The van der Waals surface area contributed by atoms with E-state index >= 15 is 0 Å². The highest BCUT2D eigenvalue weighted by molar-refractivity contribution is 7.89. The molecule has 2 N–H and O–H groups in total. The zero-order valence-corrected chi connectivity index (χ0v) is 18.4. The summed E-state index contributed by atoms with van der Waals surface area (Å²) < 4.78 is 27.6. The van der Waals surface area contributed by atoms with E-state index in [0.29, 0.717) is 17.8 Å². The molecule has 0 fully saturated rings. The van der Waals surface area contributed by atoms with Crippen molar-refractivity contribution in [3.05, 3.63) is 59.9 Å². The van der Waals surface area contributed by atoms with E-state index in [1.165, 1.54) is 26.2 Å². The Hall–Kier alpha value is -3.24. The average molecular weight is 444 g/mol. The molecule has 2 aromatic carbocycles. The van der Waals surface area contributed by atoms with Gasteiger partial charge in [0.25, 0.3) is 0 Å². The van der Waals surface area contributed by atoms with Crippen molar-refractivity contribution in [2.75, 3.05) is 14.1 Å². The number of nitrogens with one attached hydrogen (secondary N) is 2. The Morgan fingerprint density at radius 2 is 1.71 bits per heavy atom. The van der Waals surface area contributed by atoms with Crippen LogP contribution in [-0.4, -0.2) is 48.2 Å². The van der Waals surface area contributed by atoms with Gasteiger partial charge in [0, 0.05) is 34.0 Å². The Bertz CT molecular complexity index is 1200. The molecule has 31 heavy (non-hydrogen) atoms. The predicted molar refractivity (Wildman–Crippen MR) is 116 cm³/mol. The molecule has 0 saturated carbocycles. The number of amides is 2. The number of carbonyl (C=O) groups is 2. The largest absolute Gasteiger partial charge is 0.331 e. The molecule has 2 amide bonds. The van der Waals surface area contributed by atoms with Crippen molar-refractivity contribution in [2.24, 2.45) is 7.05 Å². The summed E-state index contributed by atoms with van der Waals surface area (Å²) in [6.07, 6.45) is 0.622. The van der Waals surface area contributed by atoms with E-state index < -0.39 is 10.0 Å². The third-order valence-electron chi connectivity index (χ3n) is 4.85. The summed E-state index contributed by atoms with van der Waals surface area (Å²) in [5, 5.41) is 0. The number of hydrogen-bond donors (Lipinski definition) is 2. The van der Waals surface area contributed by atoms with E-state index in [-0.39, 0.29) is 29.6 Å². The highest BCUT2D eigenvalue weighted by Crippen LogP contribution is 2.21. The van der Waals surface area contributed by atoms with Crippen molar-refractivity contribution in [1.82, 2.24) is 24.7 Å². The molecule has 164 valence electrons. The third kappa shape index (κ3) is 5.28. The number of fused-ring (bicyclic) bond motifs is 1. The number of aromatic nitrogens is 2. The van der Waals surface area contributed by atoms with Crippen LogP contribution in [0.25, 0.3) is 11.0 Å². The molecule has 0 bridgehead atoms. The lowest BCUT2D eigenvalue weighted by Crippen LogP contribution is -2.42. The van der Waals surface area contributed by atoms with Crippen molar-refractivity contribution in [3.63, 3.8) is 0 Å². The number of benzene rings is 2. The van der Waals surface area contributed by atoms with Gasteiger partial charge in [-0.05, 0) is 23.8 Å². The lowest BCUT2D eigenvalue weighted by atomic mass is 10.1. The minimum absolute atomic E-state index is 0.117. The Balaban J connectivity index is 1.59. The first-order chi connectivity index (χ1) is 14.7. The van der Waals surface area contributed by atoms with Crippen LogP contribution in [0, 0.1) is 0 Å². The van der Waals surface area contributed by atoms with Gasteiger partial charge in [-0.1, -0.05) is 30.3 Å². The Morgan fingerprint density at radius 3 is 2.39 bits per heavy atom. The first-order valence-electron chi connectivity index (χ1n) is 9.68. The lowest BCUT2D eigenvalue weighted by molar-refractivity contribution is -0.128. The smallest absolute Gasteiger partial charge is 0.242 e. The Morgan fingerprint density at radius 1 is 1.03 bits per heavy atom. The third-order valence-corrected chi connectivity index (χ3v) is 6.66. The first-order valence-corrected chi connectivity index (χ1v) is 11.1. The van der Waals surface area contributed by atoms with Crippen molar-refractivity contribution < 1.29 is 18.0 Å². The first kappa shape index (κ1) is 22.4. The number of rotatable bonds is 7. The quantitative estimate of drug-likeness (QED) is 0.532. The van der Waals surface area contributed by atoms with Crippen LogP contribution in [0.1, 0.15) is 17.8 Å². The van der Waals surface area contributed by atoms with E-state index in [0.717, 1.165) is 15.4 Å². The molecule has 1 aromatic heterocycles. The highest BCUT2D eigenvalue weighted by atomic mass is 32.2. The monoisotopic (exact) mass is 443 g/mol. The van der Waals surface area contributed by atoms with E-state index in [1.807, 2.05) is 41.9 Å². The number of aryl methyl sites for hydroxylation is 2. The van der Waals surface area contributed by atoms with Crippen LogP contribution in [0.5, 0.6) is 0 Å². The average Bonchev–Trinajstić information content (AvgIpc) is 3.06. The van der Waals surface area contributed by atoms with Crippen molar-refractivity contribution in [1.29, 1.82) is 0 Å². The van der Waals surface area contributed by atoms with Gasteiger partial charge in [0.2, 0.25) is 21.8 Å². The minimum atomic E-state index is -3.56. The number of hydrogen-bond acceptors (Lipinski definition) is 5.